The Morgan fingerprint density at radius 2 is 1.26 bits per heavy atom. The zero-order valence-corrected chi connectivity index (χ0v) is 22.5. The molecule has 0 aromatic heterocycles. The van der Waals surface area contributed by atoms with Gasteiger partial charge < -0.3 is 20.4 Å². The summed E-state index contributed by atoms with van der Waals surface area (Å²) in [6.45, 7) is 12.8. The van der Waals surface area contributed by atoms with Crippen molar-refractivity contribution in [3.63, 3.8) is 0 Å². The SMILES string of the molecule is C.C.CC1(C)C2(CCC2)[C@]12CN[C@H](CO)C2.CN1C[C@]2(C[C@H]1CO)C(C)(C)C21CCC1.ClCCl. The number of aliphatic hydroxyl groups excluding tert-OH is 2. The van der Waals surface area contributed by atoms with Gasteiger partial charge in [-0.2, -0.15) is 0 Å². The van der Waals surface area contributed by atoms with Gasteiger partial charge in [0, 0.05) is 25.2 Å². The summed E-state index contributed by atoms with van der Waals surface area (Å²) < 4.78 is 0. The molecule has 4 nitrogen and oxygen atoms in total. The number of halogens is 2. The molecule has 0 radical (unpaired) electrons. The van der Waals surface area contributed by atoms with E-state index >= 15 is 0 Å². The van der Waals surface area contributed by atoms with Gasteiger partial charge in [0.1, 0.15) is 0 Å². The highest BCUT2D eigenvalue weighted by molar-refractivity contribution is 6.40. The molecule has 0 bridgehead atoms. The molecule has 0 aromatic carbocycles. The van der Waals surface area contributed by atoms with Crippen LogP contribution in [0.2, 0.25) is 0 Å². The Morgan fingerprint density at radius 1 is 0.794 bits per heavy atom. The van der Waals surface area contributed by atoms with Gasteiger partial charge >= 0.3 is 0 Å². The summed E-state index contributed by atoms with van der Waals surface area (Å²) in [5.74, 6) is 0. The van der Waals surface area contributed by atoms with E-state index in [1.807, 2.05) is 0 Å². The van der Waals surface area contributed by atoms with E-state index in [1.54, 1.807) is 0 Å². The number of hydrogen-bond acceptors (Lipinski definition) is 4. The summed E-state index contributed by atoms with van der Waals surface area (Å²) in [7, 11) is 2.18. The zero-order valence-electron chi connectivity index (χ0n) is 20.9. The fraction of sp³-hybridized carbons (Fsp3) is 1.00. The smallest absolute Gasteiger partial charge is 0.0967 e. The Hall–Kier alpha value is 0.420. The van der Waals surface area contributed by atoms with Crippen LogP contribution in [0.15, 0.2) is 0 Å². The van der Waals surface area contributed by atoms with Crippen molar-refractivity contribution >= 4 is 23.2 Å². The van der Waals surface area contributed by atoms with Crippen LogP contribution in [0.3, 0.4) is 0 Å². The first-order valence-corrected chi connectivity index (χ1v) is 13.9. The third-order valence-corrected chi connectivity index (χ3v) is 12.4. The van der Waals surface area contributed by atoms with Crippen molar-refractivity contribution in [3.05, 3.63) is 0 Å². The van der Waals surface area contributed by atoms with Crippen LogP contribution in [-0.2, 0) is 0 Å². The molecular formula is C28H54Cl2N2O2. The van der Waals surface area contributed by atoms with Crippen molar-refractivity contribution in [1.82, 2.24) is 10.2 Å². The average Bonchev–Trinajstić information content (AvgIpc) is 3.06. The highest BCUT2D eigenvalue weighted by Gasteiger charge is 2.84. The number of nitrogens with zero attached hydrogens (tertiary/aromatic N) is 1. The Labute approximate surface area is 220 Å². The van der Waals surface area contributed by atoms with E-state index < -0.39 is 0 Å². The molecular weight excluding hydrogens is 467 g/mol. The molecule has 2 heterocycles. The lowest BCUT2D eigenvalue weighted by Crippen LogP contribution is -2.28. The van der Waals surface area contributed by atoms with Gasteiger partial charge in [0.25, 0.3) is 0 Å². The van der Waals surface area contributed by atoms with Crippen LogP contribution in [0, 0.1) is 32.5 Å². The quantitative estimate of drug-likeness (QED) is 0.384. The zero-order chi connectivity index (χ0) is 23.6. The summed E-state index contributed by atoms with van der Waals surface area (Å²) in [4.78, 5) is 2.38. The van der Waals surface area contributed by atoms with Crippen molar-refractivity contribution in [3.8, 4) is 0 Å². The van der Waals surface area contributed by atoms with Crippen LogP contribution in [-0.4, -0.2) is 65.9 Å². The molecule has 6 rings (SSSR count). The lowest BCUT2D eigenvalue weighted by atomic mass is 9.73. The number of hydrogen-bond donors (Lipinski definition) is 3. The van der Waals surface area contributed by atoms with Crippen molar-refractivity contribution in [1.29, 1.82) is 0 Å². The second-order valence-corrected chi connectivity index (χ2v) is 13.6. The highest BCUT2D eigenvalue weighted by Crippen LogP contribution is 2.88. The molecule has 34 heavy (non-hydrogen) atoms. The Morgan fingerprint density at radius 3 is 1.56 bits per heavy atom. The van der Waals surface area contributed by atoms with E-state index in [0.717, 1.165) is 6.54 Å². The summed E-state index contributed by atoms with van der Waals surface area (Å²) in [5.41, 5.74) is 3.42. The van der Waals surface area contributed by atoms with Crippen LogP contribution in [0.4, 0.5) is 0 Å². The molecule has 6 heteroatoms. The number of aliphatic hydroxyl groups is 2. The maximum absolute atomic E-state index is 9.39. The highest BCUT2D eigenvalue weighted by atomic mass is 35.5. The summed E-state index contributed by atoms with van der Waals surface area (Å²) in [6, 6.07) is 0.790. The molecule has 4 atom stereocenters. The fourth-order valence-corrected chi connectivity index (χ4v) is 9.82. The Bertz CT molecular complexity index is 707. The normalized spacial score (nSPS) is 40.1. The molecule has 0 amide bonds. The van der Waals surface area contributed by atoms with Gasteiger partial charge in [0.2, 0.25) is 0 Å². The van der Waals surface area contributed by atoms with E-state index in [4.69, 9.17) is 23.2 Å². The topological polar surface area (TPSA) is 55.7 Å². The second kappa shape index (κ2) is 9.95. The molecule has 6 aliphatic rings. The summed E-state index contributed by atoms with van der Waals surface area (Å²) in [5, 5.41) is 22.3. The molecule has 202 valence electrons. The number of likely N-dealkylation sites (N-methyl/N-ethyl adjacent to an activating group) is 1. The first kappa shape index (κ1) is 30.6. The van der Waals surface area contributed by atoms with Crippen LogP contribution < -0.4 is 5.32 Å². The third-order valence-electron chi connectivity index (χ3n) is 12.4. The van der Waals surface area contributed by atoms with E-state index in [9.17, 15) is 10.2 Å². The maximum Gasteiger partial charge on any atom is 0.0967 e. The minimum absolute atomic E-state index is 0. The molecule has 2 aliphatic heterocycles. The monoisotopic (exact) mass is 520 g/mol. The number of nitrogens with one attached hydrogen (secondary N) is 1. The number of likely N-dealkylation sites (tertiary alicyclic amines) is 1. The standard InChI is InChI=1S/C13H23NO.C12H21NO.CH2Cl2.2CH4/c1-11(2)12(5-4-6-12)13(11)7-10(8-15)14(3)9-13;1-10(2)11(4-3-5-11)12(10)6-9(7-14)13-8-12;2-1-3;;/h10,15H,4-9H2,1-3H3;9,13-14H,3-8H2,1-2H3;1H2;2*1H4/t10-,13+;9-,12+;;;/m00.../s1. The molecule has 2 saturated heterocycles. The van der Waals surface area contributed by atoms with Gasteiger partial charge in [-0.15, -0.1) is 23.2 Å². The van der Waals surface area contributed by atoms with E-state index in [0.29, 0.717) is 57.8 Å². The molecule has 4 saturated carbocycles. The van der Waals surface area contributed by atoms with Crippen LogP contribution in [0.5, 0.6) is 0 Å². The second-order valence-electron chi connectivity index (χ2n) is 12.8. The first-order chi connectivity index (χ1) is 15.0. The first-order valence-electron chi connectivity index (χ1n) is 12.8. The van der Waals surface area contributed by atoms with Crippen molar-refractivity contribution < 1.29 is 10.2 Å². The minimum Gasteiger partial charge on any atom is -0.395 e. The van der Waals surface area contributed by atoms with Crippen molar-refractivity contribution in [2.75, 3.05) is 38.7 Å². The van der Waals surface area contributed by atoms with Crippen LogP contribution in [0.1, 0.15) is 93.9 Å². The summed E-state index contributed by atoms with van der Waals surface area (Å²) >= 11 is 9.53. The maximum atomic E-state index is 9.39. The summed E-state index contributed by atoms with van der Waals surface area (Å²) in [6.07, 6.45) is 11.0. The average molecular weight is 522 g/mol. The van der Waals surface area contributed by atoms with Crippen LogP contribution >= 0.6 is 23.2 Å². The Kier molecular flexibility index (Phi) is 8.97. The predicted molar refractivity (Wildman–Crippen MR) is 147 cm³/mol. The lowest BCUT2D eigenvalue weighted by molar-refractivity contribution is 0.181. The van der Waals surface area contributed by atoms with E-state index in [-0.39, 0.29) is 20.2 Å². The van der Waals surface area contributed by atoms with Crippen molar-refractivity contribution in [2.24, 2.45) is 32.5 Å². The number of rotatable bonds is 2. The molecule has 4 spiro atoms. The minimum atomic E-state index is 0. The van der Waals surface area contributed by atoms with Gasteiger partial charge in [0.15, 0.2) is 0 Å². The largest absolute Gasteiger partial charge is 0.395 e. The fourth-order valence-electron chi connectivity index (χ4n) is 9.82. The van der Waals surface area contributed by atoms with Crippen LogP contribution in [0.25, 0.3) is 0 Å². The van der Waals surface area contributed by atoms with Gasteiger partial charge in [-0.3, -0.25) is 0 Å². The Balaban J connectivity index is 0.000000205. The molecule has 0 unspecified atom stereocenters. The third kappa shape index (κ3) is 3.52. The molecule has 3 N–H and O–H groups in total. The molecule has 0 aromatic rings. The van der Waals surface area contributed by atoms with E-state index in [2.05, 4.69) is 45.0 Å². The molecule has 4 aliphatic carbocycles. The van der Waals surface area contributed by atoms with E-state index in [1.165, 1.54) is 57.9 Å². The van der Waals surface area contributed by atoms with Crippen molar-refractivity contribution in [2.45, 2.75) is 106 Å². The lowest BCUT2D eigenvalue weighted by Gasteiger charge is -2.32. The number of fused-ring (bicyclic) bond motifs is 2. The number of alkyl halides is 2. The van der Waals surface area contributed by atoms with Gasteiger partial charge in [-0.25, -0.2) is 0 Å². The van der Waals surface area contributed by atoms with Gasteiger partial charge in [-0.1, -0.05) is 55.4 Å². The predicted octanol–water partition coefficient (Wildman–Crippen LogP) is 6.11. The van der Waals surface area contributed by atoms with Gasteiger partial charge in [0.05, 0.1) is 18.6 Å². The molecule has 6 fully saturated rings. The van der Waals surface area contributed by atoms with Gasteiger partial charge in [-0.05, 0) is 78.1 Å².